The average molecular weight is 219 g/mol. The van der Waals surface area contributed by atoms with E-state index in [1.807, 2.05) is 0 Å². The van der Waals surface area contributed by atoms with E-state index in [-0.39, 0.29) is 5.54 Å². The van der Waals surface area contributed by atoms with Crippen LogP contribution in [-0.2, 0) is 0 Å². The smallest absolute Gasteiger partial charge is 0.162 e. The zero-order valence-electron chi connectivity index (χ0n) is 10.1. The Kier molecular flexibility index (Phi) is 2.53. The van der Waals surface area contributed by atoms with Crippen LogP contribution in [0.1, 0.15) is 27.7 Å². The second-order valence-corrected chi connectivity index (χ2v) is 4.82. The van der Waals surface area contributed by atoms with E-state index in [0.29, 0.717) is 5.92 Å². The Morgan fingerprint density at radius 3 is 2.69 bits per heavy atom. The molecular weight excluding hydrogens is 202 g/mol. The van der Waals surface area contributed by atoms with Crippen LogP contribution in [0.3, 0.4) is 0 Å². The molecule has 0 unspecified atom stereocenters. The monoisotopic (exact) mass is 219 g/mol. The zero-order chi connectivity index (χ0) is 11.8. The molecule has 2 heterocycles. The van der Waals surface area contributed by atoms with Crippen LogP contribution < -0.4 is 5.32 Å². The summed E-state index contributed by atoms with van der Waals surface area (Å²) in [5, 5.41) is 3.41. The summed E-state index contributed by atoms with van der Waals surface area (Å²) in [7, 11) is 0. The minimum atomic E-state index is -0.0275. The third-order valence-electron chi connectivity index (χ3n) is 3.10. The van der Waals surface area contributed by atoms with Crippen molar-refractivity contribution in [1.82, 2.24) is 19.9 Å². The van der Waals surface area contributed by atoms with Gasteiger partial charge in [0.1, 0.15) is 11.8 Å². The van der Waals surface area contributed by atoms with Gasteiger partial charge >= 0.3 is 0 Å². The fourth-order valence-corrected chi connectivity index (χ4v) is 1.31. The summed E-state index contributed by atoms with van der Waals surface area (Å²) in [6.07, 6.45) is 3.17. The van der Waals surface area contributed by atoms with Crippen LogP contribution in [0.5, 0.6) is 0 Å². The number of nitrogens with one attached hydrogen (secondary N) is 2. The molecule has 0 radical (unpaired) electrons. The molecule has 0 spiro atoms. The summed E-state index contributed by atoms with van der Waals surface area (Å²) in [6.45, 7) is 8.66. The van der Waals surface area contributed by atoms with E-state index >= 15 is 0 Å². The Morgan fingerprint density at radius 2 is 2.00 bits per heavy atom. The Morgan fingerprint density at radius 1 is 1.25 bits per heavy atom. The lowest BCUT2D eigenvalue weighted by molar-refractivity contribution is 0.406. The maximum atomic E-state index is 4.24. The largest absolute Gasteiger partial charge is 0.363 e. The second kappa shape index (κ2) is 3.73. The molecule has 0 aliphatic rings. The van der Waals surface area contributed by atoms with Gasteiger partial charge < -0.3 is 10.3 Å². The summed E-state index contributed by atoms with van der Waals surface area (Å²) >= 11 is 0. The molecule has 0 aliphatic heterocycles. The predicted octanol–water partition coefficient (Wildman–Crippen LogP) is 2.20. The Hall–Kier alpha value is -1.65. The minimum Gasteiger partial charge on any atom is -0.363 e. The predicted molar refractivity (Wildman–Crippen MR) is 64.2 cm³/mol. The highest BCUT2D eigenvalue weighted by molar-refractivity contribution is 5.82. The number of rotatable bonds is 3. The third-order valence-corrected chi connectivity index (χ3v) is 3.10. The highest BCUT2D eigenvalue weighted by Gasteiger charge is 2.23. The molecule has 2 rings (SSSR count). The molecule has 2 aromatic heterocycles. The van der Waals surface area contributed by atoms with Gasteiger partial charge in [-0.05, 0) is 19.8 Å². The van der Waals surface area contributed by atoms with Crippen molar-refractivity contribution < 1.29 is 0 Å². The summed E-state index contributed by atoms with van der Waals surface area (Å²) < 4.78 is 0. The highest BCUT2D eigenvalue weighted by Crippen LogP contribution is 2.24. The molecule has 5 heteroatoms. The van der Waals surface area contributed by atoms with E-state index in [0.717, 1.165) is 17.0 Å². The van der Waals surface area contributed by atoms with Gasteiger partial charge in [-0.25, -0.2) is 15.0 Å². The van der Waals surface area contributed by atoms with Gasteiger partial charge in [-0.3, -0.25) is 0 Å². The van der Waals surface area contributed by atoms with E-state index in [4.69, 9.17) is 0 Å². The van der Waals surface area contributed by atoms with Gasteiger partial charge in [0.05, 0.1) is 6.33 Å². The van der Waals surface area contributed by atoms with Gasteiger partial charge in [0, 0.05) is 5.54 Å². The molecule has 2 aromatic rings. The first-order valence-electron chi connectivity index (χ1n) is 5.43. The lowest BCUT2D eigenvalue weighted by Gasteiger charge is -2.31. The van der Waals surface area contributed by atoms with Gasteiger partial charge in [-0.15, -0.1) is 0 Å². The third kappa shape index (κ3) is 1.85. The molecule has 2 N–H and O–H groups in total. The van der Waals surface area contributed by atoms with Crippen LogP contribution in [0.4, 0.5) is 5.82 Å². The Bertz CT molecular complexity index is 486. The SMILES string of the molecule is CC(C)C(C)(C)Nc1ncnc2[nH]cnc12. The number of fused-ring (bicyclic) bond motifs is 1. The summed E-state index contributed by atoms with van der Waals surface area (Å²) in [5.41, 5.74) is 1.52. The van der Waals surface area contributed by atoms with Crippen molar-refractivity contribution in [3.05, 3.63) is 12.7 Å². The van der Waals surface area contributed by atoms with Crippen molar-refractivity contribution >= 4 is 17.0 Å². The Labute approximate surface area is 94.7 Å². The molecule has 0 aliphatic carbocycles. The molecule has 0 bridgehead atoms. The number of hydrogen-bond acceptors (Lipinski definition) is 4. The fraction of sp³-hybridized carbons (Fsp3) is 0.545. The number of nitrogens with zero attached hydrogens (tertiary/aromatic N) is 3. The van der Waals surface area contributed by atoms with Crippen LogP contribution in [0.15, 0.2) is 12.7 Å². The molecule has 0 atom stereocenters. The maximum absolute atomic E-state index is 4.24. The quantitative estimate of drug-likeness (QED) is 0.830. The van der Waals surface area contributed by atoms with Crippen molar-refractivity contribution in [2.45, 2.75) is 33.2 Å². The van der Waals surface area contributed by atoms with Crippen LogP contribution in [0.2, 0.25) is 0 Å². The first-order chi connectivity index (χ1) is 7.50. The summed E-state index contributed by atoms with van der Waals surface area (Å²) in [6, 6.07) is 0. The van der Waals surface area contributed by atoms with E-state index in [1.54, 1.807) is 12.7 Å². The maximum Gasteiger partial charge on any atom is 0.162 e. The van der Waals surface area contributed by atoms with Crippen LogP contribution in [0, 0.1) is 5.92 Å². The zero-order valence-corrected chi connectivity index (χ0v) is 10.1. The number of imidazole rings is 1. The van der Waals surface area contributed by atoms with Gasteiger partial charge in [0.2, 0.25) is 0 Å². The number of hydrogen-bond donors (Lipinski definition) is 2. The van der Waals surface area contributed by atoms with Gasteiger partial charge in [-0.1, -0.05) is 13.8 Å². The topological polar surface area (TPSA) is 66.5 Å². The number of aromatic nitrogens is 4. The van der Waals surface area contributed by atoms with E-state index in [9.17, 15) is 0 Å². The Balaban J connectivity index is 2.37. The first kappa shape index (κ1) is 10.9. The summed E-state index contributed by atoms with van der Waals surface area (Å²) in [4.78, 5) is 15.5. The van der Waals surface area contributed by atoms with Crippen molar-refractivity contribution in [1.29, 1.82) is 0 Å². The van der Waals surface area contributed by atoms with Gasteiger partial charge in [-0.2, -0.15) is 0 Å². The lowest BCUT2D eigenvalue weighted by atomic mass is 9.91. The van der Waals surface area contributed by atoms with E-state index in [1.165, 1.54) is 0 Å². The van der Waals surface area contributed by atoms with E-state index < -0.39 is 0 Å². The molecule has 0 amide bonds. The molecule has 0 saturated carbocycles. The minimum absolute atomic E-state index is 0.0275. The molecular formula is C11H17N5. The van der Waals surface area contributed by atoms with Crippen molar-refractivity contribution in [2.75, 3.05) is 5.32 Å². The van der Waals surface area contributed by atoms with Crippen LogP contribution in [-0.4, -0.2) is 25.5 Å². The summed E-state index contributed by atoms with van der Waals surface area (Å²) in [5.74, 6) is 1.28. The highest BCUT2D eigenvalue weighted by atomic mass is 15.1. The molecule has 0 aromatic carbocycles. The van der Waals surface area contributed by atoms with Crippen LogP contribution >= 0.6 is 0 Å². The van der Waals surface area contributed by atoms with Crippen molar-refractivity contribution in [2.24, 2.45) is 5.92 Å². The molecule has 16 heavy (non-hydrogen) atoms. The molecule has 86 valence electrons. The average Bonchev–Trinajstić information content (AvgIpc) is 2.65. The second-order valence-electron chi connectivity index (χ2n) is 4.82. The van der Waals surface area contributed by atoms with E-state index in [2.05, 4.69) is 52.9 Å². The molecule has 5 nitrogen and oxygen atoms in total. The van der Waals surface area contributed by atoms with Crippen molar-refractivity contribution in [3.63, 3.8) is 0 Å². The molecule has 0 saturated heterocycles. The van der Waals surface area contributed by atoms with Gasteiger partial charge in [0.25, 0.3) is 0 Å². The normalized spacial score (nSPS) is 12.3. The van der Waals surface area contributed by atoms with Crippen molar-refractivity contribution in [3.8, 4) is 0 Å². The standard InChI is InChI=1S/C11H17N5/c1-7(2)11(3,4)16-10-8-9(13-5-12-8)14-6-15-10/h5-7H,1-4H3,(H2,12,13,14,15,16). The molecule has 0 fully saturated rings. The van der Waals surface area contributed by atoms with Gasteiger partial charge in [0.15, 0.2) is 11.5 Å². The van der Waals surface area contributed by atoms with Crippen LogP contribution in [0.25, 0.3) is 11.2 Å². The lowest BCUT2D eigenvalue weighted by Crippen LogP contribution is -2.37. The first-order valence-corrected chi connectivity index (χ1v) is 5.43. The number of aromatic amines is 1. The number of anilines is 1. The number of H-pyrrole nitrogens is 1. The fourth-order valence-electron chi connectivity index (χ4n) is 1.31.